The maximum atomic E-state index is 12.9. The van der Waals surface area contributed by atoms with Crippen molar-refractivity contribution >= 4 is 23.3 Å². The van der Waals surface area contributed by atoms with Gasteiger partial charge in [-0.2, -0.15) is 0 Å². The third-order valence-electron chi connectivity index (χ3n) is 4.14. The van der Waals surface area contributed by atoms with Gasteiger partial charge in [-0.15, -0.1) is 0 Å². The van der Waals surface area contributed by atoms with E-state index >= 15 is 0 Å². The molecule has 0 saturated carbocycles. The van der Waals surface area contributed by atoms with Crippen LogP contribution in [-0.4, -0.2) is 35.9 Å². The molecule has 26 heavy (non-hydrogen) atoms. The molecular formula is C20H26N4O2. The molecule has 1 aliphatic heterocycles. The number of nitrogens with zero attached hydrogens (tertiary/aromatic N) is 3. The Morgan fingerprint density at radius 1 is 1.23 bits per heavy atom. The van der Waals surface area contributed by atoms with E-state index in [-0.39, 0.29) is 12.3 Å². The minimum atomic E-state index is -0.551. The number of hydrogen-bond donors (Lipinski definition) is 1. The van der Waals surface area contributed by atoms with Gasteiger partial charge in [-0.05, 0) is 52.0 Å². The highest BCUT2D eigenvalue weighted by molar-refractivity contribution is 5.96. The number of aromatic nitrogens is 1. The molecule has 1 aliphatic rings. The van der Waals surface area contributed by atoms with Crippen LogP contribution in [0.25, 0.3) is 0 Å². The van der Waals surface area contributed by atoms with Gasteiger partial charge in [-0.25, -0.2) is 9.78 Å². The number of carbonyl (C=O) groups is 1. The maximum absolute atomic E-state index is 12.9. The quantitative estimate of drug-likeness (QED) is 0.896. The van der Waals surface area contributed by atoms with E-state index in [9.17, 15) is 4.79 Å². The second-order valence-electron chi connectivity index (χ2n) is 7.25. The Kier molecular flexibility index (Phi) is 5.02. The van der Waals surface area contributed by atoms with Crippen LogP contribution < -0.4 is 15.1 Å². The second kappa shape index (κ2) is 7.23. The monoisotopic (exact) mass is 354 g/mol. The lowest BCUT2D eigenvalue weighted by Crippen LogP contribution is -2.49. The van der Waals surface area contributed by atoms with Crippen molar-refractivity contribution in [1.29, 1.82) is 0 Å². The largest absolute Gasteiger partial charge is 0.443 e. The zero-order valence-corrected chi connectivity index (χ0v) is 15.8. The Morgan fingerprint density at radius 3 is 2.62 bits per heavy atom. The van der Waals surface area contributed by atoms with Crippen molar-refractivity contribution in [2.75, 3.05) is 28.2 Å². The standard InChI is InChI=1S/C20H26N4O2/c1-5-23(17-12-8-9-13-21-17)14-18-22-15-10-6-7-11-16(15)24(18)19(25)26-20(2,3)4/h6-13,18,22H,5,14H2,1-4H3. The van der Waals surface area contributed by atoms with Gasteiger partial charge in [0.15, 0.2) is 0 Å². The van der Waals surface area contributed by atoms with Gasteiger partial charge in [0.1, 0.15) is 17.6 Å². The highest BCUT2D eigenvalue weighted by atomic mass is 16.6. The molecule has 138 valence electrons. The second-order valence-corrected chi connectivity index (χ2v) is 7.25. The summed E-state index contributed by atoms with van der Waals surface area (Å²) in [6.45, 7) is 9.09. The van der Waals surface area contributed by atoms with Gasteiger partial charge < -0.3 is 15.0 Å². The van der Waals surface area contributed by atoms with Crippen LogP contribution in [-0.2, 0) is 4.74 Å². The molecule has 1 aromatic heterocycles. The third-order valence-corrected chi connectivity index (χ3v) is 4.14. The predicted octanol–water partition coefficient (Wildman–Crippen LogP) is 4.10. The van der Waals surface area contributed by atoms with Crippen molar-refractivity contribution in [2.45, 2.75) is 39.5 Å². The Balaban J connectivity index is 1.86. The van der Waals surface area contributed by atoms with Crippen molar-refractivity contribution in [3.05, 3.63) is 48.7 Å². The van der Waals surface area contributed by atoms with E-state index in [0.29, 0.717) is 6.54 Å². The number of hydrogen-bond acceptors (Lipinski definition) is 5. The summed E-state index contributed by atoms with van der Waals surface area (Å²) >= 11 is 0. The zero-order valence-electron chi connectivity index (χ0n) is 15.8. The van der Waals surface area contributed by atoms with Crippen LogP contribution in [0.4, 0.5) is 22.0 Å². The Hall–Kier alpha value is -2.76. The fourth-order valence-corrected chi connectivity index (χ4v) is 3.02. The van der Waals surface area contributed by atoms with Crippen LogP contribution in [0, 0.1) is 0 Å². The first kappa shape index (κ1) is 18.0. The van der Waals surface area contributed by atoms with E-state index in [2.05, 4.69) is 22.1 Å². The molecular weight excluding hydrogens is 328 g/mol. The molecule has 1 unspecified atom stereocenters. The van der Waals surface area contributed by atoms with E-state index < -0.39 is 5.60 Å². The topological polar surface area (TPSA) is 57.7 Å². The van der Waals surface area contributed by atoms with Crippen LogP contribution in [0.2, 0.25) is 0 Å². The summed E-state index contributed by atoms with van der Waals surface area (Å²) < 4.78 is 5.64. The molecule has 2 heterocycles. The normalized spacial score (nSPS) is 16.0. The van der Waals surface area contributed by atoms with Crippen molar-refractivity contribution in [1.82, 2.24) is 4.98 Å². The highest BCUT2D eigenvalue weighted by Gasteiger charge is 2.37. The number of amides is 1. The summed E-state index contributed by atoms with van der Waals surface area (Å²) in [4.78, 5) is 21.1. The number of benzene rings is 1. The predicted molar refractivity (Wildman–Crippen MR) is 105 cm³/mol. The number of para-hydroxylation sites is 2. The molecule has 3 rings (SSSR count). The summed E-state index contributed by atoms with van der Waals surface area (Å²) in [7, 11) is 0. The lowest BCUT2D eigenvalue weighted by molar-refractivity contribution is 0.0573. The van der Waals surface area contributed by atoms with E-state index in [0.717, 1.165) is 23.7 Å². The van der Waals surface area contributed by atoms with Crippen molar-refractivity contribution in [3.63, 3.8) is 0 Å². The van der Waals surface area contributed by atoms with Gasteiger partial charge in [-0.1, -0.05) is 18.2 Å². The summed E-state index contributed by atoms with van der Waals surface area (Å²) in [5, 5.41) is 3.44. The first-order valence-electron chi connectivity index (χ1n) is 8.93. The molecule has 6 nitrogen and oxygen atoms in total. The third kappa shape index (κ3) is 3.90. The number of anilines is 3. The fraction of sp³-hybridized carbons (Fsp3) is 0.400. The Labute approximate surface area is 154 Å². The van der Waals surface area contributed by atoms with Crippen LogP contribution in [0.5, 0.6) is 0 Å². The Bertz CT molecular complexity index is 758. The highest BCUT2D eigenvalue weighted by Crippen LogP contribution is 2.35. The molecule has 0 fully saturated rings. The molecule has 1 N–H and O–H groups in total. The van der Waals surface area contributed by atoms with Crippen LogP contribution in [0.1, 0.15) is 27.7 Å². The van der Waals surface area contributed by atoms with Crippen molar-refractivity contribution < 1.29 is 9.53 Å². The first-order chi connectivity index (χ1) is 12.4. The van der Waals surface area contributed by atoms with Gasteiger partial charge in [0.05, 0.1) is 17.9 Å². The fourth-order valence-electron chi connectivity index (χ4n) is 3.02. The molecule has 0 aliphatic carbocycles. The number of fused-ring (bicyclic) bond motifs is 1. The lowest BCUT2D eigenvalue weighted by atomic mass is 10.2. The first-order valence-corrected chi connectivity index (χ1v) is 8.93. The number of nitrogens with one attached hydrogen (secondary N) is 1. The molecule has 0 radical (unpaired) electrons. The van der Waals surface area contributed by atoms with Gasteiger partial charge in [0.25, 0.3) is 0 Å². The Morgan fingerprint density at radius 2 is 1.96 bits per heavy atom. The average molecular weight is 354 g/mol. The zero-order chi connectivity index (χ0) is 18.7. The van der Waals surface area contributed by atoms with Gasteiger partial charge in [-0.3, -0.25) is 4.90 Å². The number of pyridine rings is 1. The smallest absolute Gasteiger partial charge is 0.416 e. The van der Waals surface area contributed by atoms with Gasteiger partial charge in [0.2, 0.25) is 0 Å². The summed E-state index contributed by atoms with van der Waals surface area (Å²) in [6.07, 6.45) is 1.20. The summed E-state index contributed by atoms with van der Waals surface area (Å²) in [5.74, 6) is 0.886. The number of likely N-dealkylation sites (N-methyl/N-ethyl adjacent to an activating group) is 1. The molecule has 1 aromatic carbocycles. The summed E-state index contributed by atoms with van der Waals surface area (Å²) in [5.41, 5.74) is 1.22. The van der Waals surface area contributed by atoms with Crippen molar-refractivity contribution in [2.24, 2.45) is 0 Å². The molecule has 0 saturated heterocycles. The SMILES string of the molecule is CCN(CC1Nc2ccccc2N1C(=O)OC(C)(C)C)c1ccccn1. The maximum Gasteiger partial charge on any atom is 0.416 e. The van der Waals surface area contributed by atoms with Crippen LogP contribution in [0.3, 0.4) is 0 Å². The van der Waals surface area contributed by atoms with Gasteiger partial charge >= 0.3 is 6.09 Å². The number of ether oxygens (including phenoxy) is 1. The molecule has 6 heteroatoms. The molecule has 2 aromatic rings. The number of carbonyl (C=O) groups excluding carboxylic acids is 1. The minimum Gasteiger partial charge on any atom is -0.443 e. The average Bonchev–Trinajstić information content (AvgIpc) is 2.97. The molecule has 0 bridgehead atoms. The van der Waals surface area contributed by atoms with Crippen LogP contribution >= 0.6 is 0 Å². The van der Waals surface area contributed by atoms with Crippen molar-refractivity contribution in [3.8, 4) is 0 Å². The molecule has 1 amide bonds. The number of rotatable bonds is 4. The lowest BCUT2D eigenvalue weighted by Gasteiger charge is -2.32. The van der Waals surface area contributed by atoms with E-state index in [1.54, 1.807) is 11.1 Å². The van der Waals surface area contributed by atoms with Gasteiger partial charge in [0, 0.05) is 12.7 Å². The van der Waals surface area contributed by atoms with E-state index in [1.165, 1.54) is 0 Å². The minimum absolute atomic E-state index is 0.232. The summed E-state index contributed by atoms with van der Waals surface area (Å²) in [6, 6.07) is 13.6. The van der Waals surface area contributed by atoms with E-state index in [4.69, 9.17) is 4.74 Å². The van der Waals surface area contributed by atoms with Crippen LogP contribution in [0.15, 0.2) is 48.7 Å². The molecule has 0 spiro atoms. The molecule has 1 atom stereocenters. The van der Waals surface area contributed by atoms with E-state index in [1.807, 2.05) is 63.2 Å².